The Hall–Kier alpha value is -0.610. The van der Waals surface area contributed by atoms with Crippen molar-refractivity contribution in [3.63, 3.8) is 0 Å². The van der Waals surface area contributed by atoms with Gasteiger partial charge in [-0.3, -0.25) is 4.79 Å². The molecule has 0 aliphatic heterocycles. The standard InChI is InChI=1S/C9H18N2O2/c1-11-9(12)5-6-13-8-4-2-3-7(8)10/h7-8H,2-6,10H2,1H3,(H,11,12). The maximum Gasteiger partial charge on any atom is 0.222 e. The molecule has 0 aromatic carbocycles. The van der Waals surface area contributed by atoms with Gasteiger partial charge in [-0.25, -0.2) is 0 Å². The van der Waals surface area contributed by atoms with Gasteiger partial charge in [0.15, 0.2) is 0 Å². The molecule has 3 N–H and O–H groups in total. The summed E-state index contributed by atoms with van der Waals surface area (Å²) in [5.41, 5.74) is 5.80. The Morgan fingerprint density at radius 3 is 2.92 bits per heavy atom. The van der Waals surface area contributed by atoms with E-state index in [1.807, 2.05) is 0 Å². The number of hydrogen-bond acceptors (Lipinski definition) is 3. The van der Waals surface area contributed by atoms with Gasteiger partial charge in [0.25, 0.3) is 0 Å². The normalized spacial score (nSPS) is 27.5. The molecule has 1 saturated carbocycles. The first-order valence-corrected chi connectivity index (χ1v) is 4.82. The van der Waals surface area contributed by atoms with Crippen LogP contribution in [-0.2, 0) is 9.53 Å². The van der Waals surface area contributed by atoms with Crippen LogP contribution in [0.2, 0.25) is 0 Å². The fourth-order valence-corrected chi connectivity index (χ4v) is 1.59. The van der Waals surface area contributed by atoms with Gasteiger partial charge in [0.1, 0.15) is 0 Å². The Kier molecular flexibility index (Phi) is 4.18. The molecule has 0 heterocycles. The van der Waals surface area contributed by atoms with E-state index in [-0.39, 0.29) is 18.1 Å². The predicted molar refractivity (Wildman–Crippen MR) is 50.3 cm³/mol. The minimum absolute atomic E-state index is 0.0200. The summed E-state index contributed by atoms with van der Waals surface area (Å²) in [4.78, 5) is 10.8. The summed E-state index contributed by atoms with van der Waals surface area (Å²) in [6.07, 6.45) is 3.83. The smallest absolute Gasteiger partial charge is 0.222 e. The van der Waals surface area contributed by atoms with Crippen LogP contribution in [0.4, 0.5) is 0 Å². The van der Waals surface area contributed by atoms with Gasteiger partial charge >= 0.3 is 0 Å². The second-order valence-corrected chi connectivity index (χ2v) is 3.43. The fraction of sp³-hybridized carbons (Fsp3) is 0.889. The van der Waals surface area contributed by atoms with Crippen LogP contribution in [0.3, 0.4) is 0 Å². The first-order chi connectivity index (χ1) is 6.24. The Labute approximate surface area is 78.8 Å². The SMILES string of the molecule is CNC(=O)CCOC1CCCC1N. The summed E-state index contributed by atoms with van der Waals surface area (Å²) in [6, 6.07) is 0.171. The lowest BCUT2D eigenvalue weighted by molar-refractivity contribution is -0.122. The zero-order valence-corrected chi connectivity index (χ0v) is 8.08. The number of nitrogens with one attached hydrogen (secondary N) is 1. The molecule has 1 aliphatic rings. The van der Waals surface area contributed by atoms with Crippen LogP contribution in [-0.4, -0.2) is 31.7 Å². The minimum Gasteiger partial charge on any atom is -0.376 e. The zero-order chi connectivity index (χ0) is 9.68. The van der Waals surface area contributed by atoms with Crippen molar-refractivity contribution in [2.75, 3.05) is 13.7 Å². The van der Waals surface area contributed by atoms with Crippen LogP contribution < -0.4 is 11.1 Å². The van der Waals surface area contributed by atoms with Crippen molar-refractivity contribution in [1.29, 1.82) is 0 Å². The molecule has 1 aliphatic carbocycles. The molecule has 0 bridgehead atoms. The lowest BCUT2D eigenvalue weighted by atomic mass is 10.2. The van der Waals surface area contributed by atoms with E-state index in [1.54, 1.807) is 7.05 Å². The average molecular weight is 186 g/mol. The van der Waals surface area contributed by atoms with Crippen LogP contribution in [0.15, 0.2) is 0 Å². The Balaban J connectivity index is 2.08. The third-order valence-corrected chi connectivity index (χ3v) is 2.44. The molecule has 1 fully saturated rings. The molecule has 13 heavy (non-hydrogen) atoms. The summed E-state index contributed by atoms with van der Waals surface area (Å²) in [6.45, 7) is 0.484. The van der Waals surface area contributed by atoms with E-state index in [2.05, 4.69) is 5.32 Å². The van der Waals surface area contributed by atoms with Gasteiger partial charge in [-0.1, -0.05) is 0 Å². The van der Waals surface area contributed by atoms with E-state index in [9.17, 15) is 4.79 Å². The van der Waals surface area contributed by atoms with Crippen LogP contribution in [0.25, 0.3) is 0 Å². The number of hydrogen-bond donors (Lipinski definition) is 2. The number of amides is 1. The maximum absolute atomic E-state index is 10.8. The summed E-state index contributed by atoms with van der Waals surface area (Å²) in [5.74, 6) is 0.0200. The molecule has 2 atom stereocenters. The molecular formula is C9H18N2O2. The topological polar surface area (TPSA) is 64.3 Å². The molecule has 1 amide bonds. The fourth-order valence-electron chi connectivity index (χ4n) is 1.59. The Morgan fingerprint density at radius 1 is 1.62 bits per heavy atom. The molecule has 1 rings (SSSR count). The van der Waals surface area contributed by atoms with Gasteiger partial charge in [0.2, 0.25) is 5.91 Å². The molecule has 4 heteroatoms. The molecule has 2 unspecified atom stereocenters. The van der Waals surface area contributed by atoms with Crippen LogP contribution in [0.5, 0.6) is 0 Å². The van der Waals surface area contributed by atoms with Gasteiger partial charge in [-0.2, -0.15) is 0 Å². The predicted octanol–water partition coefficient (Wildman–Crippen LogP) is 0.0189. The summed E-state index contributed by atoms with van der Waals surface area (Å²) in [5, 5.41) is 2.55. The second-order valence-electron chi connectivity index (χ2n) is 3.43. The summed E-state index contributed by atoms with van der Waals surface area (Å²) < 4.78 is 5.50. The van der Waals surface area contributed by atoms with Gasteiger partial charge in [-0.15, -0.1) is 0 Å². The molecular weight excluding hydrogens is 168 g/mol. The van der Waals surface area contributed by atoms with Crippen molar-refractivity contribution in [2.45, 2.75) is 37.8 Å². The lowest BCUT2D eigenvalue weighted by Crippen LogP contribution is -2.32. The first kappa shape index (κ1) is 10.5. The van der Waals surface area contributed by atoms with Crippen molar-refractivity contribution in [3.8, 4) is 0 Å². The van der Waals surface area contributed by atoms with E-state index >= 15 is 0 Å². The van der Waals surface area contributed by atoms with Crippen LogP contribution in [0, 0.1) is 0 Å². The minimum atomic E-state index is 0.0200. The maximum atomic E-state index is 10.8. The highest BCUT2D eigenvalue weighted by atomic mass is 16.5. The van der Waals surface area contributed by atoms with Crippen LogP contribution >= 0.6 is 0 Å². The first-order valence-electron chi connectivity index (χ1n) is 4.82. The second kappa shape index (κ2) is 5.19. The highest BCUT2D eigenvalue weighted by Crippen LogP contribution is 2.20. The van der Waals surface area contributed by atoms with Crippen molar-refractivity contribution in [1.82, 2.24) is 5.32 Å². The molecule has 0 aromatic rings. The quantitative estimate of drug-likeness (QED) is 0.650. The Bertz CT molecular complexity index is 173. The molecule has 0 spiro atoms. The molecule has 0 aromatic heterocycles. The van der Waals surface area contributed by atoms with Crippen molar-refractivity contribution < 1.29 is 9.53 Å². The summed E-state index contributed by atoms with van der Waals surface area (Å²) >= 11 is 0. The number of ether oxygens (including phenoxy) is 1. The van der Waals surface area contributed by atoms with Crippen LogP contribution in [0.1, 0.15) is 25.7 Å². The van der Waals surface area contributed by atoms with E-state index < -0.39 is 0 Å². The Morgan fingerprint density at radius 2 is 2.38 bits per heavy atom. The highest BCUT2D eigenvalue weighted by Gasteiger charge is 2.24. The molecule has 76 valence electrons. The van der Waals surface area contributed by atoms with Gasteiger partial charge in [0, 0.05) is 19.5 Å². The van der Waals surface area contributed by atoms with Gasteiger partial charge in [-0.05, 0) is 19.3 Å². The van der Waals surface area contributed by atoms with Crippen molar-refractivity contribution >= 4 is 5.91 Å². The van der Waals surface area contributed by atoms with E-state index in [0.29, 0.717) is 13.0 Å². The molecule has 0 radical (unpaired) electrons. The highest BCUT2D eigenvalue weighted by molar-refractivity contribution is 5.75. The van der Waals surface area contributed by atoms with Gasteiger partial charge in [0.05, 0.1) is 12.7 Å². The van der Waals surface area contributed by atoms with Crippen molar-refractivity contribution in [2.24, 2.45) is 5.73 Å². The third kappa shape index (κ3) is 3.32. The zero-order valence-electron chi connectivity index (χ0n) is 8.08. The lowest BCUT2D eigenvalue weighted by Gasteiger charge is -2.15. The largest absolute Gasteiger partial charge is 0.376 e. The van der Waals surface area contributed by atoms with Gasteiger partial charge < -0.3 is 15.8 Å². The average Bonchev–Trinajstić information content (AvgIpc) is 2.52. The third-order valence-electron chi connectivity index (χ3n) is 2.44. The number of rotatable bonds is 4. The number of nitrogens with two attached hydrogens (primary N) is 1. The molecule has 4 nitrogen and oxygen atoms in total. The number of carbonyl (C=O) groups excluding carboxylic acids is 1. The van der Waals surface area contributed by atoms with E-state index in [4.69, 9.17) is 10.5 Å². The van der Waals surface area contributed by atoms with E-state index in [0.717, 1.165) is 19.3 Å². The van der Waals surface area contributed by atoms with Crippen molar-refractivity contribution in [3.05, 3.63) is 0 Å². The summed E-state index contributed by atoms with van der Waals surface area (Å²) in [7, 11) is 1.63. The number of carbonyl (C=O) groups is 1. The van der Waals surface area contributed by atoms with E-state index in [1.165, 1.54) is 0 Å². The molecule has 0 saturated heterocycles. The monoisotopic (exact) mass is 186 g/mol.